The standard InChI is InChI=1S/C11H15ClN2/c1-2-9-5-6-14(8-9)11-4-3-10(12)7-13-11/h3-4,7,9H,2,5-6,8H2,1H3. The van der Waals surface area contributed by atoms with Gasteiger partial charge in [-0.3, -0.25) is 0 Å². The van der Waals surface area contributed by atoms with Crippen LogP contribution < -0.4 is 4.90 Å². The molecule has 3 heteroatoms. The van der Waals surface area contributed by atoms with E-state index in [1.54, 1.807) is 6.20 Å². The van der Waals surface area contributed by atoms with Crippen molar-refractivity contribution >= 4 is 17.4 Å². The highest BCUT2D eigenvalue weighted by atomic mass is 35.5. The average Bonchev–Trinajstić information content (AvgIpc) is 2.67. The summed E-state index contributed by atoms with van der Waals surface area (Å²) in [5.74, 6) is 1.90. The zero-order valence-corrected chi connectivity index (χ0v) is 9.17. The van der Waals surface area contributed by atoms with Crippen LogP contribution in [0.3, 0.4) is 0 Å². The van der Waals surface area contributed by atoms with Gasteiger partial charge in [0.05, 0.1) is 5.02 Å². The molecule has 1 aliphatic rings. The largest absolute Gasteiger partial charge is 0.356 e. The molecule has 0 aromatic carbocycles. The Morgan fingerprint density at radius 3 is 3.00 bits per heavy atom. The van der Waals surface area contributed by atoms with Crippen LogP contribution in [0.2, 0.25) is 5.02 Å². The van der Waals surface area contributed by atoms with Gasteiger partial charge in [-0.15, -0.1) is 0 Å². The van der Waals surface area contributed by atoms with Crippen LogP contribution in [-0.4, -0.2) is 18.1 Å². The third-order valence-electron chi connectivity index (χ3n) is 2.90. The lowest BCUT2D eigenvalue weighted by molar-refractivity contribution is 0.569. The zero-order valence-electron chi connectivity index (χ0n) is 8.41. The van der Waals surface area contributed by atoms with Crippen molar-refractivity contribution in [2.24, 2.45) is 5.92 Å². The summed E-state index contributed by atoms with van der Waals surface area (Å²) in [5, 5.41) is 0.708. The fourth-order valence-corrected chi connectivity index (χ4v) is 2.04. The van der Waals surface area contributed by atoms with E-state index in [1.165, 1.54) is 12.8 Å². The molecule has 1 unspecified atom stereocenters. The summed E-state index contributed by atoms with van der Waals surface area (Å²) >= 11 is 5.79. The van der Waals surface area contributed by atoms with Crippen molar-refractivity contribution in [3.8, 4) is 0 Å². The van der Waals surface area contributed by atoms with Crippen LogP contribution in [0.25, 0.3) is 0 Å². The van der Waals surface area contributed by atoms with Gasteiger partial charge in [0.2, 0.25) is 0 Å². The van der Waals surface area contributed by atoms with Gasteiger partial charge in [-0.1, -0.05) is 24.9 Å². The predicted molar refractivity (Wildman–Crippen MR) is 59.9 cm³/mol. The van der Waals surface area contributed by atoms with Crippen LogP contribution in [0.4, 0.5) is 5.82 Å². The Bertz CT molecular complexity index is 297. The van der Waals surface area contributed by atoms with Gasteiger partial charge in [-0.25, -0.2) is 4.98 Å². The molecule has 0 spiro atoms. The molecule has 2 rings (SSSR count). The minimum absolute atomic E-state index is 0.708. The summed E-state index contributed by atoms with van der Waals surface area (Å²) in [6.45, 7) is 4.53. The van der Waals surface area contributed by atoms with Gasteiger partial charge in [0.25, 0.3) is 0 Å². The number of aromatic nitrogens is 1. The molecule has 1 aromatic heterocycles. The van der Waals surface area contributed by atoms with E-state index >= 15 is 0 Å². The second-order valence-electron chi connectivity index (χ2n) is 3.84. The second-order valence-corrected chi connectivity index (χ2v) is 4.28. The van der Waals surface area contributed by atoms with E-state index in [1.807, 2.05) is 12.1 Å². The van der Waals surface area contributed by atoms with Crippen LogP contribution in [0, 0.1) is 5.92 Å². The lowest BCUT2D eigenvalue weighted by Crippen LogP contribution is -2.20. The third-order valence-corrected chi connectivity index (χ3v) is 3.12. The number of hydrogen-bond acceptors (Lipinski definition) is 2. The van der Waals surface area contributed by atoms with Crippen molar-refractivity contribution in [3.63, 3.8) is 0 Å². The maximum atomic E-state index is 5.79. The smallest absolute Gasteiger partial charge is 0.128 e. The minimum atomic E-state index is 0.708. The van der Waals surface area contributed by atoms with Crippen LogP contribution >= 0.6 is 11.6 Å². The number of halogens is 1. The predicted octanol–water partition coefficient (Wildman–Crippen LogP) is 2.97. The number of pyridine rings is 1. The quantitative estimate of drug-likeness (QED) is 0.746. The molecular weight excluding hydrogens is 196 g/mol. The van der Waals surface area contributed by atoms with Crippen LogP contribution in [-0.2, 0) is 0 Å². The van der Waals surface area contributed by atoms with Crippen molar-refractivity contribution in [1.29, 1.82) is 0 Å². The molecule has 0 bridgehead atoms. The molecule has 1 saturated heterocycles. The molecule has 0 radical (unpaired) electrons. The molecule has 1 fully saturated rings. The van der Waals surface area contributed by atoms with Crippen molar-refractivity contribution in [1.82, 2.24) is 4.98 Å². The van der Waals surface area contributed by atoms with E-state index < -0.39 is 0 Å². The molecule has 76 valence electrons. The first-order valence-electron chi connectivity index (χ1n) is 5.16. The van der Waals surface area contributed by atoms with Gasteiger partial charge < -0.3 is 4.90 Å². The summed E-state index contributed by atoms with van der Waals surface area (Å²) in [4.78, 5) is 6.66. The molecule has 1 aliphatic heterocycles. The third kappa shape index (κ3) is 2.01. The fourth-order valence-electron chi connectivity index (χ4n) is 1.93. The average molecular weight is 211 g/mol. The first kappa shape index (κ1) is 9.78. The van der Waals surface area contributed by atoms with E-state index in [4.69, 9.17) is 11.6 Å². The molecule has 0 amide bonds. The topological polar surface area (TPSA) is 16.1 Å². The Morgan fingerprint density at radius 1 is 1.57 bits per heavy atom. The number of anilines is 1. The Morgan fingerprint density at radius 2 is 2.43 bits per heavy atom. The van der Waals surface area contributed by atoms with Crippen molar-refractivity contribution in [3.05, 3.63) is 23.4 Å². The normalized spacial score (nSPS) is 21.6. The Balaban J connectivity index is 2.06. The summed E-state index contributed by atoms with van der Waals surface area (Å²) in [7, 11) is 0. The highest BCUT2D eigenvalue weighted by molar-refractivity contribution is 6.30. The number of nitrogens with zero attached hydrogens (tertiary/aromatic N) is 2. The molecule has 0 aliphatic carbocycles. The first-order valence-corrected chi connectivity index (χ1v) is 5.54. The number of hydrogen-bond donors (Lipinski definition) is 0. The summed E-state index contributed by atoms with van der Waals surface area (Å²) in [6, 6.07) is 3.91. The van der Waals surface area contributed by atoms with Gasteiger partial charge in [-0.05, 0) is 24.5 Å². The second kappa shape index (κ2) is 4.18. The molecule has 2 heterocycles. The van der Waals surface area contributed by atoms with Crippen molar-refractivity contribution in [2.75, 3.05) is 18.0 Å². The van der Waals surface area contributed by atoms with E-state index in [0.717, 1.165) is 24.8 Å². The van der Waals surface area contributed by atoms with Gasteiger partial charge in [0.15, 0.2) is 0 Å². The van der Waals surface area contributed by atoms with Gasteiger partial charge in [0.1, 0.15) is 5.82 Å². The van der Waals surface area contributed by atoms with E-state index in [0.29, 0.717) is 5.02 Å². The maximum Gasteiger partial charge on any atom is 0.128 e. The van der Waals surface area contributed by atoms with Gasteiger partial charge in [-0.2, -0.15) is 0 Å². The van der Waals surface area contributed by atoms with Crippen molar-refractivity contribution in [2.45, 2.75) is 19.8 Å². The molecule has 14 heavy (non-hydrogen) atoms. The molecule has 1 aromatic rings. The van der Waals surface area contributed by atoms with Crippen LogP contribution in [0.5, 0.6) is 0 Å². The van der Waals surface area contributed by atoms with Gasteiger partial charge >= 0.3 is 0 Å². The molecular formula is C11H15ClN2. The lowest BCUT2D eigenvalue weighted by atomic mass is 10.1. The van der Waals surface area contributed by atoms with E-state index in [2.05, 4.69) is 16.8 Å². The Labute approximate surface area is 89.9 Å². The Kier molecular flexibility index (Phi) is 2.92. The Hall–Kier alpha value is -0.760. The van der Waals surface area contributed by atoms with Gasteiger partial charge in [0, 0.05) is 19.3 Å². The fraction of sp³-hybridized carbons (Fsp3) is 0.545. The van der Waals surface area contributed by atoms with Crippen LogP contribution in [0.1, 0.15) is 19.8 Å². The van der Waals surface area contributed by atoms with Crippen molar-refractivity contribution < 1.29 is 0 Å². The SMILES string of the molecule is CCC1CCN(c2ccc(Cl)cn2)C1. The molecule has 0 N–H and O–H groups in total. The highest BCUT2D eigenvalue weighted by Crippen LogP contribution is 2.24. The number of rotatable bonds is 2. The monoisotopic (exact) mass is 210 g/mol. The molecule has 2 nitrogen and oxygen atoms in total. The summed E-state index contributed by atoms with van der Waals surface area (Å²) in [5.41, 5.74) is 0. The lowest BCUT2D eigenvalue weighted by Gasteiger charge is -2.16. The maximum absolute atomic E-state index is 5.79. The highest BCUT2D eigenvalue weighted by Gasteiger charge is 2.21. The van der Waals surface area contributed by atoms with Crippen LogP contribution in [0.15, 0.2) is 18.3 Å². The molecule has 0 saturated carbocycles. The van der Waals surface area contributed by atoms with E-state index in [9.17, 15) is 0 Å². The molecule has 1 atom stereocenters. The van der Waals surface area contributed by atoms with E-state index in [-0.39, 0.29) is 0 Å². The first-order chi connectivity index (χ1) is 6.79. The summed E-state index contributed by atoms with van der Waals surface area (Å²) < 4.78 is 0. The summed E-state index contributed by atoms with van der Waals surface area (Å²) in [6.07, 6.45) is 4.28. The zero-order chi connectivity index (χ0) is 9.97. The minimum Gasteiger partial charge on any atom is -0.356 e.